The van der Waals surface area contributed by atoms with Gasteiger partial charge in [0.15, 0.2) is 0 Å². The molecule has 5 heteroatoms. The molecule has 2 N–H and O–H groups in total. The molecule has 3 aliphatic heterocycles. The Morgan fingerprint density at radius 2 is 1.35 bits per heavy atom. The molecule has 4 heterocycles. The molecule has 0 saturated carbocycles. The van der Waals surface area contributed by atoms with Crippen molar-refractivity contribution in [2.75, 3.05) is 5.32 Å². The van der Waals surface area contributed by atoms with Crippen LogP contribution in [0.5, 0.6) is 0 Å². The van der Waals surface area contributed by atoms with Crippen LogP contribution >= 0.6 is 0 Å². The van der Waals surface area contributed by atoms with Gasteiger partial charge in [-0.05, 0) is 58.2 Å². The highest BCUT2D eigenvalue weighted by Gasteiger charge is 2.22. The van der Waals surface area contributed by atoms with Crippen molar-refractivity contribution >= 4 is 40.4 Å². The zero-order valence-corrected chi connectivity index (χ0v) is 26.7. The lowest BCUT2D eigenvalue weighted by atomic mass is 9.97. The summed E-state index contributed by atoms with van der Waals surface area (Å²) < 4.78 is 0. The Labute approximate surface area is 285 Å². The van der Waals surface area contributed by atoms with Crippen molar-refractivity contribution in [3.8, 4) is 22.4 Å². The SMILES string of the molecule is C1=CC(C2C=Cc3ccc(-c4ccc5ccc(-c6ccc(C7=CC(c8ccccc8)NC(c8ccccc8)=N7)cc6)cc5n4)cc3N2)N=C1. The smallest absolute Gasteiger partial charge is 0.134 e. The number of nitrogens with zero attached hydrogens (tertiary/aromatic N) is 3. The third-order valence-corrected chi connectivity index (χ3v) is 9.44. The molecule has 3 atom stereocenters. The lowest BCUT2D eigenvalue weighted by molar-refractivity contribution is 0.758. The molecule has 0 saturated heterocycles. The van der Waals surface area contributed by atoms with E-state index in [1.54, 1.807) is 0 Å². The second-order valence-corrected chi connectivity index (χ2v) is 12.6. The Hall–Kier alpha value is -6.33. The molecular formula is C44H33N5. The van der Waals surface area contributed by atoms with Crippen LogP contribution in [-0.2, 0) is 0 Å². The first-order valence-electron chi connectivity index (χ1n) is 16.7. The fourth-order valence-corrected chi connectivity index (χ4v) is 6.77. The van der Waals surface area contributed by atoms with Crippen LogP contribution in [0.25, 0.3) is 45.1 Å². The minimum atomic E-state index is 0.0201. The second-order valence-electron chi connectivity index (χ2n) is 12.6. The topological polar surface area (TPSA) is 61.7 Å². The zero-order valence-electron chi connectivity index (χ0n) is 26.7. The molecule has 0 bridgehead atoms. The standard InChI is InChI=1S/C44H33N5/c1-3-8-30(9-4-1)42-28-43(49-44(48-42)34-10-5-2-6-11-34)31-15-13-29(14-16-31)35-19-17-32-21-23-37(46-40(32)26-35)36-20-18-33-22-24-39(47-41(33)27-36)38-12-7-25-45-38/h1-28,38-39,42,47H,(H,48,49). The van der Waals surface area contributed by atoms with E-state index in [2.05, 4.69) is 149 Å². The molecule has 3 unspecified atom stereocenters. The van der Waals surface area contributed by atoms with Gasteiger partial charge >= 0.3 is 0 Å². The fourth-order valence-electron chi connectivity index (χ4n) is 6.77. The first-order chi connectivity index (χ1) is 24.2. The predicted molar refractivity (Wildman–Crippen MR) is 204 cm³/mol. The fraction of sp³-hybridized carbons (Fsp3) is 0.0682. The van der Waals surface area contributed by atoms with Crippen molar-refractivity contribution in [1.82, 2.24) is 10.3 Å². The number of aliphatic imine (C=N–C) groups is 2. The molecule has 0 amide bonds. The molecule has 3 aliphatic rings. The van der Waals surface area contributed by atoms with Crippen LogP contribution in [0, 0.1) is 0 Å². The van der Waals surface area contributed by atoms with Gasteiger partial charge in [0.05, 0.1) is 35.0 Å². The highest BCUT2D eigenvalue weighted by atomic mass is 15.0. The normalized spacial score (nSPS) is 19.1. The number of benzene rings is 5. The largest absolute Gasteiger partial charge is 0.376 e. The van der Waals surface area contributed by atoms with Gasteiger partial charge in [-0.3, -0.25) is 4.99 Å². The second kappa shape index (κ2) is 12.4. The number of allylic oxidation sites excluding steroid dienone is 1. The van der Waals surface area contributed by atoms with Gasteiger partial charge in [0, 0.05) is 28.4 Å². The molecule has 0 radical (unpaired) electrons. The van der Waals surface area contributed by atoms with E-state index >= 15 is 0 Å². The Bertz CT molecular complexity index is 2320. The molecule has 0 fully saturated rings. The van der Waals surface area contributed by atoms with Crippen molar-refractivity contribution in [2.24, 2.45) is 9.98 Å². The number of hydrogen-bond acceptors (Lipinski definition) is 5. The van der Waals surface area contributed by atoms with Crippen LogP contribution in [0.4, 0.5) is 5.69 Å². The number of anilines is 1. The summed E-state index contributed by atoms with van der Waals surface area (Å²) in [7, 11) is 0. The molecule has 0 aliphatic carbocycles. The Balaban J connectivity index is 1.00. The van der Waals surface area contributed by atoms with Crippen molar-refractivity contribution in [1.29, 1.82) is 0 Å². The van der Waals surface area contributed by atoms with Gasteiger partial charge in [0.2, 0.25) is 0 Å². The summed E-state index contributed by atoms with van der Waals surface area (Å²) in [5.41, 5.74) is 11.9. The first kappa shape index (κ1) is 28.9. The number of nitrogens with one attached hydrogen (secondary N) is 2. The Morgan fingerprint density at radius 1 is 0.592 bits per heavy atom. The van der Waals surface area contributed by atoms with Crippen LogP contribution in [-0.4, -0.2) is 29.1 Å². The molecule has 5 nitrogen and oxygen atoms in total. The maximum Gasteiger partial charge on any atom is 0.134 e. The average Bonchev–Trinajstić information content (AvgIpc) is 3.73. The third kappa shape index (κ3) is 5.76. The Morgan fingerprint density at radius 3 is 2.16 bits per heavy atom. The highest BCUT2D eigenvalue weighted by Crippen LogP contribution is 2.33. The summed E-state index contributed by atoms with van der Waals surface area (Å²) in [5, 5.41) is 8.42. The van der Waals surface area contributed by atoms with E-state index in [1.165, 1.54) is 11.1 Å². The van der Waals surface area contributed by atoms with Crippen molar-refractivity contribution < 1.29 is 0 Å². The number of amidine groups is 1. The maximum absolute atomic E-state index is 5.13. The van der Waals surface area contributed by atoms with E-state index in [4.69, 9.17) is 9.98 Å². The number of pyridine rings is 1. The maximum atomic E-state index is 5.13. The summed E-state index contributed by atoms with van der Waals surface area (Å²) in [5.74, 6) is 0.874. The first-order valence-corrected chi connectivity index (χ1v) is 16.7. The third-order valence-electron chi connectivity index (χ3n) is 9.44. The number of fused-ring (bicyclic) bond motifs is 2. The van der Waals surface area contributed by atoms with Gasteiger partial charge in [-0.25, -0.2) is 9.98 Å². The Kier molecular flexibility index (Phi) is 7.28. The monoisotopic (exact) mass is 631 g/mol. The van der Waals surface area contributed by atoms with Crippen LogP contribution in [0.1, 0.15) is 28.3 Å². The van der Waals surface area contributed by atoms with Crippen molar-refractivity contribution in [3.63, 3.8) is 0 Å². The zero-order chi connectivity index (χ0) is 32.6. The lowest BCUT2D eigenvalue weighted by Crippen LogP contribution is -2.31. The van der Waals surface area contributed by atoms with E-state index in [-0.39, 0.29) is 18.1 Å². The molecule has 9 rings (SSSR count). The highest BCUT2D eigenvalue weighted by molar-refractivity contribution is 6.03. The average molecular weight is 632 g/mol. The lowest BCUT2D eigenvalue weighted by Gasteiger charge is -2.25. The van der Waals surface area contributed by atoms with Crippen LogP contribution in [0.2, 0.25) is 0 Å². The number of hydrogen-bond donors (Lipinski definition) is 2. The van der Waals surface area contributed by atoms with Gasteiger partial charge in [0.25, 0.3) is 0 Å². The molecule has 1 aromatic heterocycles. The molecule has 49 heavy (non-hydrogen) atoms. The number of aromatic nitrogens is 1. The van der Waals surface area contributed by atoms with Gasteiger partial charge in [-0.15, -0.1) is 0 Å². The predicted octanol–water partition coefficient (Wildman–Crippen LogP) is 9.52. The van der Waals surface area contributed by atoms with E-state index in [0.717, 1.165) is 61.6 Å². The summed E-state index contributed by atoms with van der Waals surface area (Å²) in [6.07, 6.45) is 12.6. The van der Waals surface area contributed by atoms with Crippen LogP contribution in [0.3, 0.4) is 0 Å². The van der Waals surface area contributed by atoms with E-state index in [9.17, 15) is 0 Å². The van der Waals surface area contributed by atoms with Gasteiger partial charge in [-0.2, -0.15) is 0 Å². The molecule has 6 aromatic rings. The summed E-state index contributed by atoms with van der Waals surface area (Å²) in [6, 6.07) is 47.1. The van der Waals surface area contributed by atoms with Crippen LogP contribution < -0.4 is 10.6 Å². The summed E-state index contributed by atoms with van der Waals surface area (Å²) in [6.45, 7) is 0. The molecular weight excluding hydrogens is 599 g/mol. The molecule has 0 spiro atoms. The minimum Gasteiger partial charge on any atom is -0.376 e. The van der Waals surface area contributed by atoms with Gasteiger partial charge < -0.3 is 10.6 Å². The number of rotatable bonds is 6. The van der Waals surface area contributed by atoms with Crippen LogP contribution in [0.15, 0.2) is 168 Å². The van der Waals surface area contributed by atoms with E-state index in [1.807, 2.05) is 36.6 Å². The van der Waals surface area contributed by atoms with Gasteiger partial charge in [0.1, 0.15) is 5.84 Å². The van der Waals surface area contributed by atoms with Crippen molar-refractivity contribution in [2.45, 2.75) is 18.1 Å². The molecule has 5 aromatic carbocycles. The minimum absolute atomic E-state index is 0.0201. The van der Waals surface area contributed by atoms with E-state index in [0.29, 0.717) is 0 Å². The quantitative estimate of drug-likeness (QED) is 0.193. The summed E-state index contributed by atoms with van der Waals surface area (Å²) >= 11 is 0. The van der Waals surface area contributed by atoms with Crippen molar-refractivity contribution in [3.05, 3.63) is 180 Å². The van der Waals surface area contributed by atoms with Gasteiger partial charge in [-0.1, -0.05) is 133 Å². The molecule has 234 valence electrons. The van der Waals surface area contributed by atoms with E-state index < -0.39 is 0 Å². The summed E-state index contributed by atoms with van der Waals surface area (Å²) in [4.78, 5) is 14.8.